The minimum absolute atomic E-state index is 0.00949. The Bertz CT molecular complexity index is 652. The normalized spacial score (nSPS) is 14.0. The van der Waals surface area contributed by atoms with Gasteiger partial charge >= 0.3 is 0 Å². The van der Waals surface area contributed by atoms with E-state index in [9.17, 15) is 4.79 Å². The molecule has 1 aliphatic rings. The first kappa shape index (κ1) is 15.1. The largest absolute Gasteiger partial charge is 0.416 e. The van der Waals surface area contributed by atoms with Gasteiger partial charge < -0.3 is 9.73 Å². The molecule has 0 atom stereocenters. The number of nitrogens with zero attached hydrogens (tertiary/aromatic N) is 2. The average molecular weight is 317 g/mol. The Kier molecular flexibility index (Phi) is 4.77. The van der Waals surface area contributed by atoms with Gasteiger partial charge in [0.15, 0.2) is 0 Å². The van der Waals surface area contributed by atoms with E-state index in [0.29, 0.717) is 29.3 Å². The van der Waals surface area contributed by atoms with Crippen LogP contribution in [0.15, 0.2) is 33.9 Å². The van der Waals surface area contributed by atoms with Gasteiger partial charge in [-0.05, 0) is 37.3 Å². The van der Waals surface area contributed by atoms with Crippen LogP contribution in [-0.4, -0.2) is 28.4 Å². The van der Waals surface area contributed by atoms with Crippen molar-refractivity contribution in [3.63, 3.8) is 0 Å². The van der Waals surface area contributed by atoms with Gasteiger partial charge in [-0.3, -0.25) is 4.79 Å². The van der Waals surface area contributed by atoms with Crippen LogP contribution in [0.5, 0.6) is 0 Å². The molecule has 1 heterocycles. The summed E-state index contributed by atoms with van der Waals surface area (Å²) in [5.74, 6) is 1.46. The van der Waals surface area contributed by atoms with E-state index in [2.05, 4.69) is 34.6 Å². The summed E-state index contributed by atoms with van der Waals surface area (Å²) < 4.78 is 5.51. The molecule has 0 bridgehead atoms. The molecule has 1 aromatic carbocycles. The van der Waals surface area contributed by atoms with E-state index in [-0.39, 0.29) is 5.91 Å². The predicted molar refractivity (Wildman–Crippen MR) is 84.9 cm³/mol. The number of hydrogen-bond acceptors (Lipinski definition) is 5. The Morgan fingerprint density at radius 3 is 2.95 bits per heavy atom. The summed E-state index contributed by atoms with van der Waals surface area (Å²) >= 11 is 1.29. The highest BCUT2D eigenvalue weighted by Crippen LogP contribution is 2.39. The molecule has 0 radical (unpaired) electrons. The molecular formula is C16H19N3O2S. The Hall–Kier alpha value is -1.82. The molecule has 0 aliphatic heterocycles. The Labute approximate surface area is 133 Å². The molecule has 1 N–H and O–H groups in total. The quantitative estimate of drug-likeness (QED) is 0.795. The SMILES string of the molecule is Cc1ccccc1CCNC(=O)CSc1nnc(C2CC2)o1. The maximum absolute atomic E-state index is 11.8. The van der Waals surface area contributed by atoms with E-state index < -0.39 is 0 Å². The number of benzene rings is 1. The first-order chi connectivity index (χ1) is 10.7. The Morgan fingerprint density at radius 1 is 1.36 bits per heavy atom. The standard InChI is InChI=1S/C16H19N3O2S/c1-11-4-2-3-5-12(11)8-9-17-14(20)10-22-16-19-18-15(21-16)13-6-7-13/h2-5,13H,6-10H2,1H3,(H,17,20). The van der Waals surface area contributed by atoms with Gasteiger partial charge in [-0.15, -0.1) is 10.2 Å². The third-order valence-electron chi connectivity index (χ3n) is 3.65. The van der Waals surface area contributed by atoms with Crippen molar-refractivity contribution in [1.29, 1.82) is 0 Å². The van der Waals surface area contributed by atoms with Crippen LogP contribution in [0, 0.1) is 6.92 Å². The fourth-order valence-electron chi connectivity index (χ4n) is 2.18. The van der Waals surface area contributed by atoms with Crippen LogP contribution in [0.3, 0.4) is 0 Å². The number of hydrogen-bond donors (Lipinski definition) is 1. The first-order valence-electron chi connectivity index (χ1n) is 7.50. The molecule has 0 unspecified atom stereocenters. The smallest absolute Gasteiger partial charge is 0.277 e. The topological polar surface area (TPSA) is 68.0 Å². The maximum Gasteiger partial charge on any atom is 0.277 e. The molecule has 5 nitrogen and oxygen atoms in total. The number of amides is 1. The Morgan fingerprint density at radius 2 is 2.18 bits per heavy atom. The van der Waals surface area contributed by atoms with Gasteiger partial charge in [-0.2, -0.15) is 0 Å². The lowest BCUT2D eigenvalue weighted by molar-refractivity contribution is -0.118. The lowest BCUT2D eigenvalue weighted by Crippen LogP contribution is -2.27. The predicted octanol–water partition coefficient (Wildman–Crippen LogP) is 2.71. The first-order valence-corrected chi connectivity index (χ1v) is 8.48. The number of nitrogens with one attached hydrogen (secondary N) is 1. The second-order valence-electron chi connectivity index (χ2n) is 5.50. The van der Waals surface area contributed by atoms with Crippen molar-refractivity contribution in [3.8, 4) is 0 Å². The molecular weight excluding hydrogens is 298 g/mol. The van der Waals surface area contributed by atoms with Crippen molar-refractivity contribution in [2.24, 2.45) is 0 Å². The summed E-state index contributed by atoms with van der Waals surface area (Å²) in [6, 6.07) is 8.22. The van der Waals surface area contributed by atoms with Crippen molar-refractivity contribution < 1.29 is 9.21 Å². The minimum atomic E-state index is -0.00949. The summed E-state index contributed by atoms with van der Waals surface area (Å²) in [6.07, 6.45) is 3.10. The number of carbonyl (C=O) groups is 1. The molecule has 6 heteroatoms. The maximum atomic E-state index is 11.8. The highest BCUT2D eigenvalue weighted by atomic mass is 32.2. The fourth-order valence-corrected chi connectivity index (χ4v) is 2.78. The number of aromatic nitrogens is 2. The van der Waals surface area contributed by atoms with Crippen molar-refractivity contribution in [3.05, 3.63) is 41.3 Å². The lowest BCUT2D eigenvalue weighted by Gasteiger charge is -2.06. The fraction of sp³-hybridized carbons (Fsp3) is 0.438. The molecule has 1 saturated carbocycles. The second kappa shape index (κ2) is 6.96. The summed E-state index contributed by atoms with van der Waals surface area (Å²) in [5, 5.41) is 11.4. The van der Waals surface area contributed by atoms with Crippen LogP contribution in [-0.2, 0) is 11.2 Å². The van der Waals surface area contributed by atoms with Gasteiger partial charge in [0.2, 0.25) is 11.8 Å². The number of thioether (sulfide) groups is 1. The highest BCUT2D eigenvalue weighted by Gasteiger charge is 2.29. The molecule has 2 aromatic rings. The van der Waals surface area contributed by atoms with E-state index in [1.165, 1.54) is 22.9 Å². The van der Waals surface area contributed by atoms with Gasteiger partial charge in [-0.1, -0.05) is 36.0 Å². The van der Waals surface area contributed by atoms with Crippen LogP contribution in [0.25, 0.3) is 0 Å². The van der Waals surface area contributed by atoms with Crippen molar-refractivity contribution in [1.82, 2.24) is 15.5 Å². The summed E-state index contributed by atoms with van der Waals surface area (Å²) in [5.41, 5.74) is 2.52. The third kappa shape index (κ3) is 4.10. The molecule has 22 heavy (non-hydrogen) atoms. The molecule has 0 spiro atoms. The van der Waals surface area contributed by atoms with Crippen LogP contribution < -0.4 is 5.32 Å². The van der Waals surface area contributed by atoms with Gasteiger partial charge in [-0.25, -0.2) is 0 Å². The van der Waals surface area contributed by atoms with E-state index in [1.807, 2.05) is 12.1 Å². The summed E-state index contributed by atoms with van der Waals surface area (Å²) in [4.78, 5) is 11.8. The monoisotopic (exact) mass is 317 g/mol. The van der Waals surface area contributed by atoms with Crippen molar-refractivity contribution >= 4 is 17.7 Å². The molecule has 1 aliphatic carbocycles. The lowest BCUT2D eigenvalue weighted by atomic mass is 10.1. The zero-order valence-electron chi connectivity index (χ0n) is 12.5. The Balaban J connectivity index is 1.38. The summed E-state index contributed by atoms with van der Waals surface area (Å²) in [6.45, 7) is 2.72. The highest BCUT2D eigenvalue weighted by molar-refractivity contribution is 7.99. The van der Waals surface area contributed by atoms with Crippen LogP contribution in [0.4, 0.5) is 0 Å². The number of rotatable bonds is 7. The van der Waals surface area contributed by atoms with Crippen molar-refractivity contribution in [2.45, 2.75) is 37.3 Å². The third-order valence-corrected chi connectivity index (χ3v) is 4.47. The van der Waals surface area contributed by atoms with E-state index in [0.717, 1.165) is 19.3 Å². The second-order valence-corrected chi connectivity index (χ2v) is 6.42. The summed E-state index contributed by atoms with van der Waals surface area (Å²) in [7, 11) is 0. The zero-order chi connectivity index (χ0) is 15.4. The van der Waals surface area contributed by atoms with E-state index >= 15 is 0 Å². The van der Waals surface area contributed by atoms with Gasteiger partial charge in [0.25, 0.3) is 5.22 Å². The number of aryl methyl sites for hydroxylation is 1. The van der Waals surface area contributed by atoms with Crippen LogP contribution in [0.2, 0.25) is 0 Å². The van der Waals surface area contributed by atoms with Gasteiger partial charge in [0.05, 0.1) is 5.75 Å². The number of carbonyl (C=O) groups excluding carboxylic acids is 1. The molecule has 0 saturated heterocycles. The van der Waals surface area contributed by atoms with Crippen LogP contribution >= 0.6 is 11.8 Å². The van der Waals surface area contributed by atoms with Crippen molar-refractivity contribution in [2.75, 3.05) is 12.3 Å². The molecule has 1 amide bonds. The molecule has 3 rings (SSSR count). The molecule has 1 aromatic heterocycles. The van der Waals surface area contributed by atoms with Crippen LogP contribution in [0.1, 0.15) is 35.8 Å². The van der Waals surface area contributed by atoms with Gasteiger partial charge in [0.1, 0.15) is 0 Å². The molecule has 1 fully saturated rings. The molecule has 116 valence electrons. The minimum Gasteiger partial charge on any atom is -0.416 e. The van der Waals surface area contributed by atoms with E-state index in [1.54, 1.807) is 0 Å². The van der Waals surface area contributed by atoms with E-state index in [4.69, 9.17) is 4.42 Å². The zero-order valence-corrected chi connectivity index (χ0v) is 13.4. The average Bonchev–Trinajstić information content (AvgIpc) is 3.26. The van der Waals surface area contributed by atoms with Gasteiger partial charge in [0, 0.05) is 12.5 Å².